The molecule has 38 heavy (non-hydrogen) atoms. The Balaban J connectivity index is 1.45. The standard InChI is InChI=1S/C31H44N6O/c1-5-10-28(36-21-17-32-18-22-36)29-33-27-14-13-25(23-26(27)30(38)37(29)6-2)35-19-15-31(16-20-35,34(3)4)24-11-8-7-9-12-24/h7-9,11-14,23,28,32H,5-6,10,15-22H2,1-4H3. The van der Waals surface area contributed by atoms with Gasteiger partial charge in [0.2, 0.25) is 0 Å². The number of anilines is 1. The van der Waals surface area contributed by atoms with Crippen LogP contribution in [0.3, 0.4) is 0 Å². The lowest BCUT2D eigenvalue weighted by Crippen LogP contribution is -2.50. The van der Waals surface area contributed by atoms with Gasteiger partial charge in [0.15, 0.2) is 0 Å². The van der Waals surface area contributed by atoms with E-state index in [4.69, 9.17) is 4.98 Å². The van der Waals surface area contributed by atoms with Crippen LogP contribution in [0.5, 0.6) is 0 Å². The van der Waals surface area contributed by atoms with Gasteiger partial charge < -0.3 is 10.2 Å². The Labute approximate surface area is 227 Å². The van der Waals surface area contributed by atoms with Crippen LogP contribution >= 0.6 is 0 Å². The van der Waals surface area contributed by atoms with E-state index in [9.17, 15) is 4.79 Å². The molecule has 0 spiro atoms. The normalized spacial score (nSPS) is 19.2. The number of rotatable bonds is 8. The molecule has 5 rings (SSSR count). The molecule has 0 aliphatic carbocycles. The lowest BCUT2D eigenvalue weighted by molar-refractivity contribution is 0.115. The van der Waals surface area contributed by atoms with E-state index in [1.165, 1.54) is 5.56 Å². The molecule has 2 aliphatic rings. The van der Waals surface area contributed by atoms with Gasteiger partial charge in [-0.3, -0.25) is 19.2 Å². The Hall–Kier alpha value is -2.74. The van der Waals surface area contributed by atoms with Gasteiger partial charge in [0.05, 0.1) is 16.9 Å². The summed E-state index contributed by atoms with van der Waals surface area (Å²) in [5, 5.41) is 4.19. The van der Waals surface area contributed by atoms with E-state index in [0.29, 0.717) is 6.54 Å². The predicted molar refractivity (Wildman–Crippen MR) is 157 cm³/mol. The molecule has 1 unspecified atom stereocenters. The maximum absolute atomic E-state index is 13.9. The third-order valence-corrected chi connectivity index (χ3v) is 8.86. The Kier molecular flexibility index (Phi) is 8.17. The second-order valence-electron chi connectivity index (χ2n) is 11.1. The second kappa shape index (κ2) is 11.6. The molecule has 7 nitrogen and oxygen atoms in total. The highest BCUT2D eigenvalue weighted by Gasteiger charge is 2.38. The zero-order chi connectivity index (χ0) is 26.7. The molecule has 0 amide bonds. The van der Waals surface area contributed by atoms with Gasteiger partial charge in [0.1, 0.15) is 5.82 Å². The Morgan fingerprint density at radius 3 is 2.34 bits per heavy atom. The monoisotopic (exact) mass is 516 g/mol. The van der Waals surface area contributed by atoms with E-state index < -0.39 is 0 Å². The Morgan fingerprint density at radius 2 is 1.71 bits per heavy atom. The average Bonchev–Trinajstić information content (AvgIpc) is 2.96. The third kappa shape index (κ3) is 4.99. The topological polar surface area (TPSA) is 56.6 Å². The summed E-state index contributed by atoms with van der Waals surface area (Å²) in [4.78, 5) is 26.3. The van der Waals surface area contributed by atoms with Crippen LogP contribution in [0.25, 0.3) is 10.9 Å². The zero-order valence-electron chi connectivity index (χ0n) is 23.6. The number of nitrogens with zero attached hydrogens (tertiary/aromatic N) is 5. The van der Waals surface area contributed by atoms with Crippen molar-refractivity contribution in [2.45, 2.75) is 57.7 Å². The minimum Gasteiger partial charge on any atom is -0.371 e. The van der Waals surface area contributed by atoms with E-state index in [2.05, 4.69) is 96.5 Å². The van der Waals surface area contributed by atoms with Crippen molar-refractivity contribution in [3.05, 3.63) is 70.3 Å². The molecule has 0 bridgehead atoms. The van der Waals surface area contributed by atoms with Crippen LogP contribution in [0.4, 0.5) is 5.69 Å². The fraction of sp³-hybridized carbons (Fsp3) is 0.548. The number of benzene rings is 2. The molecule has 7 heteroatoms. The molecule has 2 saturated heterocycles. The summed E-state index contributed by atoms with van der Waals surface area (Å²) in [5.41, 5.74) is 3.46. The smallest absolute Gasteiger partial charge is 0.261 e. The summed E-state index contributed by atoms with van der Waals surface area (Å²) >= 11 is 0. The predicted octanol–water partition coefficient (Wildman–Crippen LogP) is 4.22. The van der Waals surface area contributed by atoms with E-state index in [-0.39, 0.29) is 17.1 Å². The molecule has 1 N–H and O–H groups in total. The van der Waals surface area contributed by atoms with Crippen LogP contribution < -0.4 is 15.8 Å². The minimum absolute atomic E-state index is 0.0399. The molecule has 2 fully saturated rings. The highest BCUT2D eigenvalue weighted by Crippen LogP contribution is 2.38. The SMILES string of the molecule is CCCC(c1nc2ccc(N3CCC(c4ccccc4)(N(C)C)CC3)cc2c(=O)n1CC)N1CCNCC1. The van der Waals surface area contributed by atoms with Gasteiger partial charge in [-0.15, -0.1) is 0 Å². The van der Waals surface area contributed by atoms with Crippen LogP contribution in [0, 0.1) is 0 Å². The number of hydrogen-bond acceptors (Lipinski definition) is 6. The van der Waals surface area contributed by atoms with Gasteiger partial charge in [-0.2, -0.15) is 0 Å². The minimum atomic E-state index is 0.0399. The van der Waals surface area contributed by atoms with Gasteiger partial charge in [0.25, 0.3) is 5.56 Å². The lowest BCUT2D eigenvalue weighted by Gasteiger charge is -2.47. The molecule has 1 aromatic heterocycles. The van der Waals surface area contributed by atoms with E-state index >= 15 is 0 Å². The van der Waals surface area contributed by atoms with Crippen molar-refractivity contribution in [3.63, 3.8) is 0 Å². The molecule has 1 atom stereocenters. The van der Waals surface area contributed by atoms with Crippen molar-refractivity contribution in [1.29, 1.82) is 0 Å². The molecule has 0 radical (unpaired) electrons. The molecule has 204 valence electrons. The first-order valence-electron chi connectivity index (χ1n) is 14.5. The number of aromatic nitrogens is 2. The summed E-state index contributed by atoms with van der Waals surface area (Å²) in [7, 11) is 4.39. The Morgan fingerprint density at radius 1 is 1.00 bits per heavy atom. The number of piperazine rings is 1. The summed E-state index contributed by atoms with van der Waals surface area (Å²) in [5.74, 6) is 0.929. The molecule has 3 aromatic rings. The maximum atomic E-state index is 13.9. The van der Waals surface area contributed by atoms with Crippen LogP contribution in [-0.4, -0.2) is 72.7 Å². The van der Waals surface area contributed by atoms with Crippen molar-refractivity contribution in [1.82, 2.24) is 24.7 Å². The highest BCUT2D eigenvalue weighted by molar-refractivity contribution is 5.82. The van der Waals surface area contributed by atoms with Gasteiger partial charge in [-0.1, -0.05) is 43.7 Å². The van der Waals surface area contributed by atoms with Crippen molar-refractivity contribution in [2.75, 3.05) is 58.3 Å². The van der Waals surface area contributed by atoms with Crippen molar-refractivity contribution >= 4 is 16.6 Å². The summed E-state index contributed by atoms with van der Waals surface area (Å²) < 4.78 is 1.93. The quantitative estimate of drug-likeness (QED) is 0.484. The number of fused-ring (bicyclic) bond motifs is 1. The third-order valence-electron chi connectivity index (χ3n) is 8.86. The van der Waals surface area contributed by atoms with Crippen LogP contribution in [-0.2, 0) is 12.1 Å². The molecule has 3 heterocycles. The van der Waals surface area contributed by atoms with Crippen molar-refractivity contribution in [2.24, 2.45) is 0 Å². The Bertz CT molecular complexity index is 1270. The summed E-state index contributed by atoms with van der Waals surface area (Å²) in [6, 6.07) is 17.4. The lowest BCUT2D eigenvalue weighted by atomic mass is 9.79. The summed E-state index contributed by atoms with van der Waals surface area (Å²) in [6.07, 6.45) is 4.17. The average molecular weight is 517 g/mol. The first kappa shape index (κ1) is 26.9. The number of nitrogens with one attached hydrogen (secondary N) is 1. The van der Waals surface area contributed by atoms with Gasteiger partial charge in [0, 0.05) is 57.0 Å². The van der Waals surface area contributed by atoms with E-state index in [1.807, 2.05) is 4.57 Å². The number of piperidine rings is 1. The number of hydrogen-bond donors (Lipinski definition) is 1. The second-order valence-corrected chi connectivity index (χ2v) is 11.1. The van der Waals surface area contributed by atoms with E-state index in [0.717, 1.165) is 87.4 Å². The first-order valence-corrected chi connectivity index (χ1v) is 14.5. The van der Waals surface area contributed by atoms with Crippen molar-refractivity contribution in [3.8, 4) is 0 Å². The van der Waals surface area contributed by atoms with Gasteiger partial charge in [-0.25, -0.2) is 4.98 Å². The zero-order valence-corrected chi connectivity index (χ0v) is 23.6. The maximum Gasteiger partial charge on any atom is 0.261 e. The fourth-order valence-electron chi connectivity index (χ4n) is 6.60. The molecular weight excluding hydrogens is 472 g/mol. The molecule has 2 aromatic carbocycles. The van der Waals surface area contributed by atoms with Crippen molar-refractivity contribution < 1.29 is 0 Å². The molecule has 0 saturated carbocycles. The molecular formula is C31H44N6O. The summed E-state index contributed by atoms with van der Waals surface area (Å²) in [6.45, 7) is 10.8. The highest BCUT2D eigenvalue weighted by atomic mass is 16.1. The fourth-order valence-corrected chi connectivity index (χ4v) is 6.60. The van der Waals surface area contributed by atoms with Gasteiger partial charge in [-0.05, 0) is 64.0 Å². The van der Waals surface area contributed by atoms with Gasteiger partial charge >= 0.3 is 0 Å². The van der Waals surface area contributed by atoms with Crippen LogP contribution in [0.2, 0.25) is 0 Å². The first-order chi connectivity index (χ1) is 18.5. The molecule has 2 aliphatic heterocycles. The largest absolute Gasteiger partial charge is 0.371 e. The van der Waals surface area contributed by atoms with E-state index in [1.54, 1.807) is 0 Å². The van der Waals surface area contributed by atoms with Crippen LogP contribution in [0.15, 0.2) is 53.3 Å². The van der Waals surface area contributed by atoms with Crippen LogP contribution in [0.1, 0.15) is 57.0 Å².